The summed E-state index contributed by atoms with van der Waals surface area (Å²) in [6.45, 7) is 5.98. The Labute approximate surface area is 86.6 Å². The molecule has 1 atom stereocenters. The molecule has 0 fully saturated rings. The van der Waals surface area contributed by atoms with Gasteiger partial charge in [0.25, 0.3) is 0 Å². The van der Waals surface area contributed by atoms with Crippen LogP contribution in [0.15, 0.2) is 12.2 Å². The normalized spacial score (nSPS) is 16.6. The van der Waals surface area contributed by atoms with Crippen molar-refractivity contribution in [2.75, 3.05) is 5.75 Å². The fourth-order valence-electron chi connectivity index (χ4n) is 0.926. The van der Waals surface area contributed by atoms with Crippen LogP contribution in [0.4, 0.5) is 0 Å². The van der Waals surface area contributed by atoms with E-state index < -0.39 is 8.68 Å². The van der Waals surface area contributed by atoms with Crippen LogP contribution in [0.3, 0.4) is 0 Å². The Kier molecular flexibility index (Phi) is 6.55. The Morgan fingerprint density at radius 3 is 2.54 bits per heavy atom. The van der Waals surface area contributed by atoms with Gasteiger partial charge in [-0.3, -0.25) is 0 Å². The molecule has 0 aromatic rings. The number of allylic oxidation sites excluding steroid dienone is 2. The lowest BCUT2D eigenvalue weighted by Gasteiger charge is -2.10. The average molecular weight is 221 g/mol. The van der Waals surface area contributed by atoms with Crippen LogP contribution in [0.1, 0.15) is 33.6 Å². The second kappa shape index (κ2) is 6.51. The highest BCUT2D eigenvalue weighted by Crippen LogP contribution is 1.95. The first-order valence-corrected chi connectivity index (χ1v) is 7.28. The highest BCUT2D eigenvalue weighted by molar-refractivity contribution is 8.31. The van der Waals surface area contributed by atoms with Crippen LogP contribution >= 0.6 is 0 Å². The van der Waals surface area contributed by atoms with Crippen LogP contribution < -0.4 is 4.72 Å². The van der Waals surface area contributed by atoms with Crippen molar-refractivity contribution in [1.29, 1.82) is 0 Å². The molecule has 0 saturated carbocycles. The van der Waals surface area contributed by atoms with Gasteiger partial charge in [-0.15, -0.1) is 0 Å². The molecule has 1 N–H and O–H groups in total. The van der Waals surface area contributed by atoms with Gasteiger partial charge < -0.3 is 0 Å². The average Bonchev–Trinajstić information content (AvgIpc) is 1.95. The first-order chi connectivity index (χ1) is 5.98. The van der Waals surface area contributed by atoms with Gasteiger partial charge in [-0.2, -0.15) is 0 Å². The van der Waals surface area contributed by atoms with E-state index in [4.69, 9.17) is 11.2 Å². The molecule has 1 unspecified atom stereocenters. The topological polar surface area (TPSA) is 29.1 Å². The fourth-order valence-corrected chi connectivity index (χ4v) is 3.07. The molecule has 0 aliphatic rings. The largest absolute Gasteiger partial charge is 0.241 e. The molecule has 0 saturated heterocycles. The molecule has 0 spiro atoms. The second-order valence-corrected chi connectivity index (χ2v) is 6.75. The Morgan fingerprint density at radius 2 is 2.08 bits per heavy atom. The van der Waals surface area contributed by atoms with Crippen LogP contribution in [0.5, 0.6) is 0 Å². The molecule has 0 radical (unpaired) electrons. The predicted octanol–water partition coefficient (Wildman–Crippen LogP) is 2.00. The molecule has 0 heterocycles. The Bertz CT molecular complexity index is 242. The van der Waals surface area contributed by atoms with E-state index in [0.29, 0.717) is 5.75 Å². The lowest BCUT2D eigenvalue weighted by Crippen LogP contribution is -2.31. The number of hydrogen-bond acceptors (Lipinski definition) is 2. The van der Waals surface area contributed by atoms with E-state index in [1.807, 2.05) is 19.9 Å². The van der Waals surface area contributed by atoms with Crippen molar-refractivity contribution in [3.05, 3.63) is 12.2 Å². The molecule has 78 valence electrons. The van der Waals surface area contributed by atoms with Crippen LogP contribution in [0.25, 0.3) is 0 Å². The molecular weight excluding hydrogens is 202 g/mol. The smallest absolute Gasteiger partial charge is 0.0902 e. The van der Waals surface area contributed by atoms with Crippen molar-refractivity contribution in [3.8, 4) is 0 Å². The first kappa shape index (κ1) is 13.1. The quantitative estimate of drug-likeness (QED) is 0.695. The van der Waals surface area contributed by atoms with Crippen LogP contribution in [-0.4, -0.2) is 16.0 Å². The van der Waals surface area contributed by atoms with Crippen molar-refractivity contribution in [1.82, 2.24) is 4.72 Å². The molecule has 0 rings (SSSR count). The van der Waals surface area contributed by atoms with E-state index in [9.17, 15) is 4.21 Å². The summed E-state index contributed by atoms with van der Waals surface area (Å²) in [6.07, 6.45) is 5.93. The Morgan fingerprint density at radius 1 is 1.46 bits per heavy atom. The van der Waals surface area contributed by atoms with E-state index in [0.717, 1.165) is 12.8 Å². The van der Waals surface area contributed by atoms with Crippen LogP contribution in [-0.2, 0) is 19.9 Å². The summed E-state index contributed by atoms with van der Waals surface area (Å²) in [7, 11) is -2.23. The molecule has 0 aromatic heterocycles. The monoisotopic (exact) mass is 221 g/mol. The highest BCUT2D eigenvalue weighted by Gasteiger charge is 2.05. The van der Waals surface area contributed by atoms with E-state index in [1.165, 1.54) is 0 Å². The summed E-state index contributed by atoms with van der Waals surface area (Å²) in [5, 5.41) is 0. The summed E-state index contributed by atoms with van der Waals surface area (Å²) < 4.78 is 14.5. The summed E-state index contributed by atoms with van der Waals surface area (Å²) in [5.74, 6) is 0.553. The van der Waals surface area contributed by atoms with E-state index in [2.05, 4.69) is 17.7 Å². The second-order valence-electron chi connectivity index (χ2n) is 3.26. The van der Waals surface area contributed by atoms with Gasteiger partial charge in [0.05, 0.1) is 8.68 Å². The minimum Gasteiger partial charge on any atom is -0.241 e. The molecule has 0 aliphatic heterocycles. The molecule has 0 bridgehead atoms. The lowest BCUT2D eigenvalue weighted by molar-refractivity contribution is 0.653. The molecule has 2 nitrogen and oxygen atoms in total. The molecule has 13 heavy (non-hydrogen) atoms. The maximum absolute atomic E-state index is 11.6. The maximum Gasteiger partial charge on any atom is 0.0902 e. The van der Waals surface area contributed by atoms with Crippen molar-refractivity contribution in [2.45, 2.75) is 39.7 Å². The predicted molar refractivity (Wildman–Crippen MR) is 62.7 cm³/mol. The molecule has 4 heteroatoms. The van der Waals surface area contributed by atoms with Gasteiger partial charge in [0.15, 0.2) is 0 Å². The molecule has 0 amide bonds. The van der Waals surface area contributed by atoms with Crippen molar-refractivity contribution < 1.29 is 4.21 Å². The SMILES string of the molecule is CC/C=C/CCS(=O)(=S)NC(C)C. The molecule has 0 aromatic carbocycles. The summed E-state index contributed by atoms with van der Waals surface area (Å²) in [4.78, 5) is 0. The van der Waals surface area contributed by atoms with E-state index >= 15 is 0 Å². The van der Waals surface area contributed by atoms with Gasteiger partial charge in [0, 0.05) is 11.8 Å². The summed E-state index contributed by atoms with van der Waals surface area (Å²) >= 11 is 4.95. The number of rotatable bonds is 6. The summed E-state index contributed by atoms with van der Waals surface area (Å²) in [5.41, 5.74) is 0. The van der Waals surface area contributed by atoms with Gasteiger partial charge in [-0.1, -0.05) is 19.1 Å². The fraction of sp³-hybridized carbons (Fsp3) is 0.778. The Hall–Kier alpha value is 0.0700. The molecule has 0 aliphatic carbocycles. The minimum absolute atomic E-state index is 0.195. The third kappa shape index (κ3) is 8.40. The van der Waals surface area contributed by atoms with Gasteiger partial charge in [0.1, 0.15) is 0 Å². The van der Waals surface area contributed by atoms with Crippen LogP contribution in [0, 0.1) is 0 Å². The van der Waals surface area contributed by atoms with E-state index in [1.54, 1.807) is 0 Å². The van der Waals surface area contributed by atoms with Gasteiger partial charge in [0.2, 0.25) is 0 Å². The minimum atomic E-state index is -2.23. The van der Waals surface area contributed by atoms with Gasteiger partial charge in [-0.25, -0.2) is 8.93 Å². The van der Waals surface area contributed by atoms with Gasteiger partial charge in [-0.05, 0) is 37.9 Å². The van der Waals surface area contributed by atoms with Gasteiger partial charge >= 0.3 is 0 Å². The third-order valence-corrected chi connectivity index (χ3v) is 3.76. The van der Waals surface area contributed by atoms with Crippen molar-refractivity contribution in [3.63, 3.8) is 0 Å². The first-order valence-electron chi connectivity index (χ1n) is 4.63. The highest BCUT2D eigenvalue weighted by atomic mass is 32.8. The number of nitrogens with one attached hydrogen (secondary N) is 1. The molecular formula is C9H19NOS2. The maximum atomic E-state index is 11.6. The standard InChI is InChI=1S/C9H19NOS2/c1-4-5-6-7-8-13(11,12)10-9(2)3/h5-6,9-10H,4,7-8H2,1-3H3/b6-5+. The van der Waals surface area contributed by atoms with Crippen LogP contribution in [0.2, 0.25) is 0 Å². The summed E-state index contributed by atoms with van der Waals surface area (Å²) in [6, 6.07) is 0.195. The lowest BCUT2D eigenvalue weighted by atomic mass is 10.4. The van der Waals surface area contributed by atoms with Crippen molar-refractivity contribution in [2.24, 2.45) is 0 Å². The third-order valence-electron chi connectivity index (χ3n) is 1.37. The zero-order chi connectivity index (χ0) is 10.3. The number of hydrogen-bond donors (Lipinski definition) is 1. The van der Waals surface area contributed by atoms with Crippen molar-refractivity contribution >= 4 is 19.9 Å². The zero-order valence-corrected chi connectivity index (χ0v) is 10.2. The zero-order valence-electron chi connectivity index (χ0n) is 8.58. The van der Waals surface area contributed by atoms with E-state index in [-0.39, 0.29) is 6.04 Å². The Balaban J connectivity index is 3.84.